The smallest absolute Gasteiger partial charge is 0.411 e. The van der Waals surface area contributed by atoms with Gasteiger partial charge in [0.1, 0.15) is 0 Å². The van der Waals surface area contributed by atoms with E-state index in [9.17, 15) is 9.59 Å². The second kappa shape index (κ2) is 7.38. The number of fused-ring (bicyclic) bond motifs is 1. The van der Waals surface area contributed by atoms with Crippen LogP contribution in [0.25, 0.3) is 0 Å². The Morgan fingerprint density at radius 3 is 2.79 bits per heavy atom. The van der Waals surface area contributed by atoms with Crippen LogP contribution in [0, 0.1) is 0 Å². The fourth-order valence-electron chi connectivity index (χ4n) is 2.87. The van der Waals surface area contributed by atoms with Gasteiger partial charge in [0, 0.05) is 23.9 Å². The third kappa shape index (κ3) is 3.98. The quantitative estimate of drug-likeness (QED) is 0.815. The highest BCUT2D eigenvalue weighted by atomic mass is 32.1. The van der Waals surface area contributed by atoms with Crippen molar-refractivity contribution in [1.82, 2.24) is 9.88 Å². The number of anilines is 1. The molecule has 24 heavy (non-hydrogen) atoms. The average Bonchev–Trinajstić information content (AvgIpc) is 2.90. The minimum Gasteiger partial charge on any atom is -0.466 e. The van der Waals surface area contributed by atoms with Crippen molar-refractivity contribution in [2.75, 3.05) is 19.4 Å². The van der Waals surface area contributed by atoms with Gasteiger partial charge in [-0.1, -0.05) is 6.92 Å². The lowest BCUT2D eigenvalue weighted by molar-refractivity contribution is -0.159. The van der Waals surface area contributed by atoms with Crippen LogP contribution in [0.1, 0.15) is 44.2 Å². The van der Waals surface area contributed by atoms with E-state index >= 15 is 0 Å². The molecule has 1 amide bonds. The zero-order valence-electron chi connectivity index (χ0n) is 14.6. The summed E-state index contributed by atoms with van der Waals surface area (Å²) in [7, 11) is 1.28. The summed E-state index contributed by atoms with van der Waals surface area (Å²) in [6, 6.07) is 0.0262. The van der Waals surface area contributed by atoms with Gasteiger partial charge in [0.15, 0.2) is 5.13 Å². The van der Waals surface area contributed by atoms with Crippen molar-refractivity contribution in [1.29, 1.82) is 0 Å². The van der Waals surface area contributed by atoms with Crippen LogP contribution in [0.4, 0.5) is 9.93 Å². The number of amides is 1. The van der Waals surface area contributed by atoms with Crippen LogP contribution in [-0.2, 0) is 27.1 Å². The molecule has 1 atom stereocenters. The number of hydrogen-bond donors (Lipinski definition) is 1. The van der Waals surface area contributed by atoms with Crippen LogP contribution in [-0.4, -0.2) is 47.2 Å². The normalized spacial score (nSPS) is 17.1. The Morgan fingerprint density at radius 1 is 1.46 bits per heavy atom. The van der Waals surface area contributed by atoms with Gasteiger partial charge in [-0.15, -0.1) is 11.3 Å². The molecule has 0 fully saturated rings. The predicted octanol–water partition coefficient (Wildman–Crippen LogP) is 2.38. The van der Waals surface area contributed by atoms with Crippen molar-refractivity contribution < 1.29 is 19.1 Å². The molecule has 0 saturated heterocycles. The summed E-state index contributed by atoms with van der Waals surface area (Å²) in [5, 5.41) is 0.567. The van der Waals surface area contributed by atoms with Crippen LogP contribution >= 0.6 is 11.3 Å². The number of ether oxygens (including phenoxy) is 2. The molecule has 0 bridgehead atoms. The van der Waals surface area contributed by atoms with Crippen molar-refractivity contribution in [3.63, 3.8) is 0 Å². The van der Waals surface area contributed by atoms with Gasteiger partial charge in [-0.2, -0.15) is 0 Å². The van der Waals surface area contributed by atoms with E-state index in [0.717, 1.165) is 36.3 Å². The monoisotopic (exact) mass is 355 g/mol. The van der Waals surface area contributed by atoms with Crippen LogP contribution in [0.2, 0.25) is 0 Å². The summed E-state index contributed by atoms with van der Waals surface area (Å²) in [6.07, 6.45) is 2.64. The summed E-state index contributed by atoms with van der Waals surface area (Å²) >= 11 is 1.48. The fraction of sp³-hybridized carbons (Fsp3) is 0.688. The average molecular weight is 355 g/mol. The van der Waals surface area contributed by atoms with Crippen LogP contribution in [0.5, 0.6) is 0 Å². The molecule has 2 rings (SSSR count). The molecule has 1 aliphatic carbocycles. The van der Waals surface area contributed by atoms with E-state index in [0.29, 0.717) is 11.7 Å². The second-order valence-electron chi connectivity index (χ2n) is 6.38. The summed E-state index contributed by atoms with van der Waals surface area (Å²) in [6.45, 7) is 5.64. The van der Waals surface area contributed by atoms with Crippen LogP contribution in [0.3, 0.4) is 0 Å². The number of aromatic nitrogens is 1. The van der Waals surface area contributed by atoms with E-state index < -0.39 is 17.7 Å². The first-order valence-electron chi connectivity index (χ1n) is 8.10. The number of aryl methyl sites for hydroxylation is 1. The maximum absolute atomic E-state index is 12.6. The molecular formula is C16H25N3O4S. The Morgan fingerprint density at radius 2 is 2.17 bits per heavy atom. The van der Waals surface area contributed by atoms with Crippen molar-refractivity contribution >= 4 is 28.5 Å². The third-order valence-electron chi connectivity index (χ3n) is 4.09. The van der Waals surface area contributed by atoms with Crippen molar-refractivity contribution in [2.45, 2.75) is 58.1 Å². The number of thiazole rings is 1. The van der Waals surface area contributed by atoms with Crippen molar-refractivity contribution in [3.8, 4) is 0 Å². The van der Waals surface area contributed by atoms with Crippen molar-refractivity contribution in [2.24, 2.45) is 0 Å². The molecule has 134 valence electrons. The molecule has 0 aromatic carbocycles. The SMILES string of the molecule is CCCN(C(=O)OC(C)(C)C(=O)OC)[C@H]1CCc2nc(N)sc2C1. The maximum Gasteiger partial charge on any atom is 0.411 e. The van der Waals surface area contributed by atoms with Gasteiger partial charge < -0.3 is 20.1 Å². The Labute approximate surface area is 146 Å². The highest BCUT2D eigenvalue weighted by molar-refractivity contribution is 7.15. The van der Waals surface area contributed by atoms with E-state index in [4.69, 9.17) is 15.2 Å². The predicted molar refractivity (Wildman–Crippen MR) is 91.9 cm³/mol. The molecule has 1 aliphatic rings. The summed E-state index contributed by atoms with van der Waals surface area (Å²) in [4.78, 5) is 31.6. The molecule has 2 N–H and O–H groups in total. The Bertz CT molecular complexity index is 614. The summed E-state index contributed by atoms with van der Waals surface area (Å²) < 4.78 is 10.1. The number of methoxy groups -OCH3 is 1. The van der Waals surface area contributed by atoms with Crippen molar-refractivity contribution in [3.05, 3.63) is 10.6 Å². The minimum atomic E-state index is -1.31. The number of rotatable bonds is 5. The number of nitrogen functional groups attached to an aromatic ring is 1. The van der Waals surface area contributed by atoms with Gasteiger partial charge in [0.25, 0.3) is 0 Å². The number of esters is 1. The van der Waals surface area contributed by atoms with Gasteiger partial charge in [-0.05, 0) is 33.1 Å². The molecule has 1 heterocycles. The van der Waals surface area contributed by atoms with E-state index in [1.807, 2.05) is 6.92 Å². The number of carbonyl (C=O) groups excluding carboxylic acids is 2. The van der Waals surface area contributed by atoms with Gasteiger partial charge in [-0.25, -0.2) is 14.6 Å². The molecule has 0 radical (unpaired) electrons. The molecule has 0 unspecified atom stereocenters. The zero-order valence-corrected chi connectivity index (χ0v) is 15.4. The molecule has 8 heteroatoms. The van der Waals surface area contributed by atoms with E-state index in [1.54, 1.807) is 4.90 Å². The number of carbonyl (C=O) groups is 2. The number of nitrogens with two attached hydrogens (primary N) is 1. The first-order valence-corrected chi connectivity index (χ1v) is 8.92. The summed E-state index contributed by atoms with van der Waals surface area (Å²) in [5.74, 6) is -0.576. The van der Waals surface area contributed by atoms with Crippen LogP contribution in [0.15, 0.2) is 0 Å². The molecule has 1 aromatic heterocycles. The van der Waals surface area contributed by atoms with Crippen LogP contribution < -0.4 is 5.73 Å². The highest BCUT2D eigenvalue weighted by Gasteiger charge is 2.37. The zero-order chi connectivity index (χ0) is 17.9. The minimum absolute atomic E-state index is 0.0262. The lowest BCUT2D eigenvalue weighted by atomic mass is 9.96. The Balaban J connectivity index is 2.11. The Kier molecular flexibility index (Phi) is 5.69. The lowest BCUT2D eigenvalue weighted by Crippen LogP contribution is -2.48. The van der Waals surface area contributed by atoms with E-state index in [2.05, 4.69) is 4.98 Å². The summed E-state index contributed by atoms with van der Waals surface area (Å²) in [5.41, 5.74) is 5.50. The molecular weight excluding hydrogens is 330 g/mol. The number of nitrogens with zero attached hydrogens (tertiary/aromatic N) is 2. The largest absolute Gasteiger partial charge is 0.466 e. The molecule has 0 aliphatic heterocycles. The third-order valence-corrected chi connectivity index (χ3v) is 5.04. The highest BCUT2D eigenvalue weighted by Crippen LogP contribution is 2.31. The second-order valence-corrected chi connectivity index (χ2v) is 7.50. The standard InChI is InChI=1S/C16H25N3O4S/c1-5-8-19(15(21)23-16(2,3)13(20)22-4)10-6-7-11-12(9-10)24-14(17)18-11/h10H,5-9H2,1-4H3,(H2,17,18)/t10-/m0/s1. The molecule has 0 saturated carbocycles. The number of hydrogen-bond acceptors (Lipinski definition) is 7. The fourth-order valence-corrected chi connectivity index (χ4v) is 3.82. The molecule has 1 aromatic rings. The van der Waals surface area contributed by atoms with E-state index in [1.165, 1.54) is 32.3 Å². The first-order chi connectivity index (χ1) is 11.3. The van der Waals surface area contributed by atoms with Gasteiger partial charge in [-0.3, -0.25) is 0 Å². The maximum atomic E-state index is 12.6. The van der Waals surface area contributed by atoms with Gasteiger partial charge in [0.2, 0.25) is 5.60 Å². The molecule has 7 nitrogen and oxygen atoms in total. The van der Waals surface area contributed by atoms with Gasteiger partial charge in [0.05, 0.1) is 12.8 Å². The van der Waals surface area contributed by atoms with Gasteiger partial charge >= 0.3 is 12.1 Å². The first kappa shape index (κ1) is 18.5. The Hall–Kier alpha value is -1.83. The van der Waals surface area contributed by atoms with E-state index in [-0.39, 0.29) is 6.04 Å². The topological polar surface area (TPSA) is 94.8 Å². The lowest BCUT2D eigenvalue weighted by Gasteiger charge is -2.35. The molecule has 0 spiro atoms.